The van der Waals surface area contributed by atoms with Crippen LogP contribution in [0, 0.1) is 28.6 Å². The van der Waals surface area contributed by atoms with Crippen LogP contribution in [-0.2, 0) is 4.79 Å². The molecule has 2 saturated carbocycles. The molecule has 0 aliphatic heterocycles. The number of hydrogen-bond acceptors (Lipinski definition) is 1. The number of carbonyl (C=O) groups is 1. The summed E-state index contributed by atoms with van der Waals surface area (Å²) in [4.78, 5) is 10.9. The lowest BCUT2D eigenvalue weighted by Gasteiger charge is -2.58. The van der Waals surface area contributed by atoms with Gasteiger partial charge in [-0.15, -0.1) is 0 Å². The second-order valence-corrected chi connectivity index (χ2v) is 8.93. The highest BCUT2D eigenvalue weighted by atomic mass is 16.4. The summed E-state index contributed by atoms with van der Waals surface area (Å²) < 4.78 is 0. The third-order valence-corrected chi connectivity index (χ3v) is 6.79. The molecule has 0 aromatic heterocycles. The van der Waals surface area contributed by atoms with Crippen LogP contribution in [0.3, 0.4) is 0 Å². The number of rotatable bonds is 5. The smallest absolute Gasteiger partial charge is 0.303 e. The van der Waals surface area contributed by atoms with Crippen molar-refractivity contribution in [2.45, 2.75) is 79.1 Å². The molecule has 0 heterocycles. The van der Waals surface area contributed by atoms with Crippen molar-refractivity contribution in [3.63, 3.8) is 0 Å². The van der Waals surface area contributed by atoms with Gasteiger partial charge in [-0.2, -0.15) is 0 Å². The van der Waals surface area contributed by atoms with Gasteiger partial charge in [-0.1, -0.05) is 46.3 Å². The zero-order valence-electron chi connectivity index (χ0n) is 15.0. The summed E-state index contributed by atoms with van der Waals surface area (Å²) in [5.41, 5.74) is 2.25. The first-order chi connectivity index (χ1) is 10.2. The topological polar surface area (TPSA) is 37.3 Å². The second-order valence-electron chi connectivity index (χ2n) is 8.93. The molecule has 0 bridgehead atoms. The molecule has 0 aromatic carbocycles. The van der Waals surface area contributed by atoms with Crippen molar-refractivity contribution >= 4 is 5.97 Å². The molecule has 2 fully saturated rings. The Morgan fingerprint density at radius 2 is 2.05 bits per heavy atom. The predicted molar refractivity (Wildman–Crippen MR) is 91.7 cm³/mol. The predicted octanol–water partition coefficient (Wildman–Crippen LogP) is 5.68. The van der Waals surface area contributed by atoms with Crippen LogP contribution in [0.1, 0.15) is 79.1 Å². The molecule has 2 rings (SSSR count). The molecule has 2 aliphatic carbocycles. The molecular weight excluding hydrogens is 272 g/mol. The Hall–Kier alpha value is -0.790. The third-order valence-electron chi connectivity index (χ3n) is 6.79. The lowest BCUT2D eigenvalue weighted by molar-refractivity contribution is -0.138. The van der Waals surface area contributed by atoms with Crippen molar-refractivity contribution in [1.82, 2.24) is 0 Å². The minimum Gasteiger partial charge on any atom is -0.481 e. The number of carboxylic acids is 1. The number of aliphatic carboxylic acids is 1. The summed E-state index contributed by atoms with van der Waals surface area (Å²) in [6, 6.07) is 0. The summed E-state index contributed by atoms with van der Waals surface area (Å²) >= 11 is 0. The molecule has 0 aromatic rings. The second kappa shape index (κ2) is 6.37. The molecule has 0 radical (unpaired) electrons. The Balaban J connectivity index is 2.10. The highest BCUT2D eigenvalue weighted by Gasteiger charge is 2.52. The standard InChI is InChI=1S/C20H34O2/c1-14(13-18(21)22)7-9-16-15(2)8-10-17-19(3,4)11-6-12-20(16,17)5/h14,16-17H,2,6-13H2,1,3-5H3,(H,21,22)/t14-,16-,17-,20+/m0/s1. The molecule has 22 heavy (non-hydrogen) atoms. The minimum atomic E-state index is -0.669. The molecule has 2 nitrogen and oxygen atoms in total. The number of fused-ring (bicyclic) bond motifs is 1. The molecule has 0 spiro atoms. The van der Waals surface area contributed by atoms with Gasteiger partial charge in [-0.05, 0) is 67.1 Å². The number of allylic oxidation sites excluding steroid dienone is 1. The summed E-state index contributed by atoms with van der Waals surface area (Å²) in [7, 11) is 0. The molecule has 126 valence electrons. The molecule has 0 unspecified atom stereocenters. The Kier molecular flexibility index (Phi) is 5.09. The average Bonchev–Trinajstić information content (AvgIpc) is 2.35. The van der Waals surface area contributed by atoms with E-state index in [0.29, 0.717) is 23.2 Å². The normalized spacial score (nSPS) is 35.7. The Morgan fingerprint density at radius 1 is 1.36 bits per heavy atom. The quantitative estimate of drug-likeness (QED) is 0.664. The van der Waals surface area contributed by atoms with Crippen LogP contribution in [0.4, 0.5) is 0 Å². The maximum atomic E-state index is 10.9. The van der Waals surface area contributed by atoms with Gasteiger partial charge in [-0.3, -0.25) is 4.79 Å². The Labute approximate surface area is 136 Å². The van der Waals surface area contributed by atoms with Gasteiger partial charge in [0.2, 0.25) is 0 Å². The van der Waals surface area contributed by atoms with Crippen molar-refractivity contribution in [1.29, 1.82) is 0 Å². The molecule has 0 amide bonds. The van der Waals surface area contributed by atoms with E-state index in [1.54, 1.807) is 0 Å². The van der Waals surface area contributed by atoms with Gasteiger partial charge < -0.3 is 5.11 Å². The SMILES string of the molecule is C=C1CC[C@H]2C(C)(C)CCC[C@]2(C)[C@H]1CC[C@H](C)CC(=O)O. The first kappa shape index (κ1) is 17.6. The van der Waals surface area contributed by atoms with E-state index in [9.17, 15) is 4.79 Å². The maximum absolute atomic E-state index is 10.9. The largest absolute Gasteiger partial charge is 0.481 e. The van der Waals surface area contributed by atoms with E-state index < -0.39 is 5.97 Å². The summed E-state index contributed by atoms with van der Waals surface area (Å²) in [6.45, 7) is 13.9. The first-order valence-electron chi connectivity index (χ1n) is 9.06. The van der Waals surface area contributed by atoms with E-state index in [1.807, 2.05) is 0 Å². The van der Waals surface area contributed by atoms with Crippen molar-refractivity contribution in [3.8, 4) is 0 Å². The average molecular weight is 306 g/mol. The van der Waals surface area contributed by atoms with Crippen LogP contribution in [0.25, 0.3) is 0 Å². The fourth-order valence-corrected chi connectivity index (χ4v) is 5.66. The van der Waals surface area contributed by atoms with Crippen molar-refractivity contribution < 1.29 is 9.90 Å². The van der Waals surface area contributed by atoms with Crippen LogP contribution >= 0.6 is 0 Å². The lowest BCUT2D eigenvalue weighted by atomic mass is 9.47. The summed E-state index contributed by atoms with van der Waals surface area (Å²) in [5, 5.41) is 8.96. The van der Waals surface area contributed by atoms with Gasteiger partial charge in [0.15, 0.2) is 0 Å². The Morgan fingerprint density at radius 3 is 2.68 bits per heavy atom. The maximum Gasteiger partial charge on any atom is 0.303 e. The van der Waals surface area contributed by atoms with Gasteiger partial charge in [0, 0.05) is 6.42 Å². The number of carboxylic acid groups (broad SMARTS) is 1. The molecule has 0 saturated heterocycles. The van der Waals surface area contributed by atoms with Gasteiger partial charge in [0.25, 0.3) is 0 Å². The minimum absolute atomic E-state index is 0.269. The fourth-order valence-electron chi connectivity index (χ4n) is 5.66. The van der Waals surface area contributed by atoms with Crippen LogP contribution < -0.4 is 0 Å². The van der Waals surface area contributed by atoms with Gasteiger partial charge >= 0.3 is 5.97 Å². The summed E-state index contributed by atoms with van der Waals surface area (Å²) in [5.74, 6) is 0.977. The zero-order valence-corrected chi connectivity index (χ0v) is 15.0. The Bertz CT molecular complexity index is 437. The first-order valence-corrected chi connectivity index (χ1v) is 9.06. The van der Waals surface area contributed by atoms with E-state index in [0.717, 1.165) is 18.8 Å². The fraction of sp³-hybridized carbons (Fsp3) is 0.850. The van der Waals surface area contributed by atoms with Gasteiger partial charge in [0.1, 0.15) is 0 Å². The van der Waals surface area contributed by atoms with Gasteiger partial charge in [-0.25, -0.2) is 0 Å². The van der Waals surface area contributed by atoms with E-state index in [4.69, 9.17) is 5.11 Å². The van der Waals surface area contributed by atoms with E-state index in [-0.39, 0.29) is 5.92 Å². The van der Waals surface area contributed by atoms with Gasteiger partial charge in [0.05, 0.1) is 0 Å². The van der Waals surface area contributed by atoms with E-state index >= 15 is 0 Å². The lowest BCUT2D eigenvalue weighted by Crippen LogP contribution is -2.49. The highest BCUT2D eigenvalue weighted by molar-refractivity contribution is 5.66. The monoisotopic (exact) mass is 306 g/mol. The molecule has 2 aliphatic rings. The third kappa shape index (κ3) is 3.41. The van der Waals surface area contributed by atoms with E-state index in [1.165, 1.54) is 37.7 Å². The molecular formula is C20H34O2. The zero-order chi connectivity index (χ0) is 16.5. The molecule has 1 N–H and O–H groups in total. The van der Waals surface area contributed by atoms with E-state index in [2.05, 4.69) is 34.3 Å². The van der Waals surface area contributed by atoms with Crippen LogP contribution in [0.2, 0.25) is 0 Å². The van der Waals surface area contributed by atoms with Crippen LogP contribution in [-0.4, -0.2) is 11.1 Å². The van der Waals surface area contributed by atoms with Crippen molar-refractivity contribution in [2.24, 2.45) is 28.6 Å². The van der Waals surface area contributed by atoms with Crippen molar-refractivity contribution in [2.75, 3.05) is 0 Å². The number of hydrogen-bond donors (Lipinski definition) is 1. The highest BCUT2D eigenvalue weighted by Crippen LogP contribution is 2.61. The molecule has 4 atom stereocenters. The van der Waals surface area contributed by atoms with Crippen molar-refractivity contribution in [3.05, 3.63) is 12.2 Å². The summed E-state index contributed by atoms with van der Waals surface area (Å²) in [6.07, 6.45) is 8.89. The van der Waals surface area contributed by atoms with Crippen LogP contribution in [0.15, 0.2) is 12.2 Å². The molecule has 2 heteroatoms. The van der Waals surface area contributed by atoms with Crippen LogP contribution in [0.5, 0.6) is 0 Å².